The van der Waals surface area contributed by atoms with Gasteiger partial charge in [0.1, 0.15) is 0 Å². The molecule has 1 aromatic carbocycles. The van der Waals surface area contributed by atoms with E-state index >= 15 is 0 Å². The van der Waals surface area contributed by atoms with Crippen LogP contribution in [0.1, 0.15) is 33.3 Å². The highest BCUT2D eigenvalue weighted by atomic mass is 35.5. The van der Waals surface area contributed by atoms with Crippen LogP contribution in [0.2, 0.25) is 5.02 Å². The molecule has 20 heavy (non-hydrogen) atoms. The van der Waals surface area contributed by atoms with Crippen molar-refractivity contribution in [1.29, 1.82) is 0 Å². The van der Waals surface area contributed by atoms with Gasteiger partial charge in [-0.1, -0.05) is 17.7 Å². The first-order chi connectivity index (χ1) is 9.22. The number of morpholine rings is 1. The molecule has 2 rings (SSSR count). The van der Waals surface area contributed by atoms with Crippen LogP contribution in [-0.2, 0) is 11.2 Å². The number of hydrogen-bond acceptors (Lipinski definition) is 3. The molecule has 4 heteroatoms. The molecule has 0 spiro atoms. The molecule has 0 aromatic heterocycles. The Balaban J connectivity index is 2.24. The quantitative estimate of drug-likeness (QED) is 0.930. The smallest absolute Gasteiger partial charge is 0.0808 e. The first kappa shape index (κ1) is 15.6. The second-order valence-corrected chi connectivity index (χ2v) is 7.20. The van der Waals surface area contributed by atoms with E-state index in [9.17, 15) is 0 Å². The van der Waals surface area contributed by atoms with E-state index in [1.54, 1.807) is 0 Å². The predicted octanol–water partition coefficient (Wildman–Crippen LogP) is 3.24. The lowest BCUT2D eigenvalue weighted by Gasteiger charge is -2.48. The Morgan fingerprint density at radius 3 is 2.30 bits per heavy atom. The molecule has 0 bridgehead atoms. The van der Waals surface area contributed by atoms with Crippen molar-refractivity contribution in [3.63, 3.8) is 0 Å². The van der Waals surface area contributed by atoms with E-state index in [1.807, 2.05) is 6.07 Å². The summed E-state index contributed by atoms with van der Waals surface area (Å²) in [7, 11) is 0. The molecule has 0 radical (unpaired) electrons. The summed E-state index contributed by atoms with van der Waals surface area (Å²) >= 11 is 6.36. The molecule has 0 atom stereocenters. The van der Waals surface area contributed by atoms with Gasteiger partial charge in [0.25, 0.3) is 0 Å². The van der Waals surface area contributed by atoms with Gasteiger partial charge in [0, 0.05) is 23.8 Å². The Morgan fingerprint density at radius 1 is 1.20 bits per heavy atom. The highest BCUT2D eigenvalue weighted by Gasteiger charge is 2.38. The van der Waals surface area contributed by atoms with E-state index in [0.717, 1.165) is 35.8 Å². The van der Waals surface area contributed by atoms with Gasteiger partial charge in [-0.15, -0.1) is 0 Å². The van der Waals surface area contributed by atoms with Crippen LogP contribution in [0, 0.1) is 0 Å². The number of rotatable bonds is 3. The fourth-order valence-electron chi connectivity index (χ4n) is 3.06. The molecule has 0 aliphatic carbocycles. The molecule has 1 aromatic rings. The Hall–Kier alpha value is -0.770. The van der Waals surface area contributed by atoms with Gasteiger partial charge < -0.3 is 15.4 Å². The summed E-state index contributed by atoms with van der Waals surface area (Å²) in [4.78, 5) is 2.35. The minimum atomic E-state index is -0.163. The second-order valence-electron chi connectivity index (χ2n) is 6.79. The molecule has 0 unspecified atom stereocenters. The van der Waals surface area contributed by atoms with E-state index < -0.39 is 0 Å². The van der Waals surface area contributed by atoms with E-state index in [-0.39, 0.29) is 11.2 Å². The maximum atomic E-state index is 6.36. The second kappa shape index (κ2) is 5.55. The topological polar surface area (TPSA) is 38.5 Å². The van der Waals surface area contributed by atoms with Crippen molar-refractivity contribution in [1.82, 2.24) is 0 Å². The Morgan fingerprint density at radius 2 is 1.80 bits per heavy atom. The van der Waals surface area contributed by atoms with Crippen LogP contribution < -0.4 is 10.6 Å². The summed E-state index contributed by atoms with van der Waals surface area (Å²) in [6.45, 7) is 10.9. The number of benzene rings is 1. The molecule has 1 aliphatic rings. The molecule has 0 amide bonds. The van der Waals surface area contributed by atoms with Crippen LogP contribution in [0.25, 0.3) is 0 Å². The third kappa shape index (κ3) is 3.66. The van der Waals surface area contributed by atoms with Crippen LogP contribution in [-0.4, -0.2) is 30.8 Å². The van der Waals surface area contributed by atoms with Crippen LogP contribution in [0.3, 0.4) is 0 Å². The van der Waals surface area contributed by atoms with Crippen molar-refractivity contribution < 1.29 is 4.74 Å². The standard InChI is InChI=1S/C16H25ClN2O/c1-15(2)10-19(11-16(3,4)20-15)13-6-5-12(7-8-18)14(17)9-13/h5-6,9H,7-8,10-11,18H2,1-4H3. The van der Waals surface area contributed by atoms with Crippen LogP contribution in [0.5, 0.6) is 0 Å². The summed E-state index contributed by atoms with van der Waals surface area (Å²) in [6, 6.07) is 6.26. The maximum Gasteiger partial charge on any atom is 0.0808 e. The lowest BCUT2D eigenvalue weighted by Crippen LogP contribution is -2.57. The molecule has 1 heterocycles. The molecule has 1 fully saturated rings. The van der Waals surface area contributed by atoms with Crippen LogP contribution in [0.4, 0.5) is 5.69 Å². The molecular formula is C16H25ClN2O. The lowest BCUT2D eigenvalue weighted by atomic mass is 9.98. The maximum absolute atomic E-state index is 6.36. The van der Waals surface area contributed by atoms with Gasteiger partial charge in [0.15, 0.2) is 0 Å². The lowest BCUT2D eigenvalue weighted by molar-refractivity contribution is -0.133. The minimum absolute atomic E-state index is 0.163. The molecule has 3 nitrogen and oxygen atoms in total. The van der Waals surface area contributed by atoms with Gasteiger partial charge >= 0.3 is 0 Å². The zero-order chi connectivity index (χ0) is 15.0. The first-order valence-corrected chi connectivity index (χ1v) is 7.54. The Bertz CT molecular complexity index is 469. The third-order valence-corrected chi connectivity index (χ3v) is 3.86. The van der Waals surface area contributed by atoms with Gasteiger partial charge in [-0.2, -0.15) is 0 Å². The summed E-state index contributed by atoms with van der Waals surface area (Å²) in [5, 5.41) is 0.801. The van der Waals surface area contributed by atoms with Crippen LogP contribution in [0.15, 0.2) is 18.2 Å². The first-order valence-electron chi connectivity index (χ1n) is 7.16. The minimum Gasteiger partial charge on any atom is -0.366 e. The van der Waals surface area contributed by atoms with Crippen molar-refractivity contribution in [2.24, 2.45) is 5.73 Å². The van der Waals surface area contributed by atoms with Gasteiger partial charge in [0.2, 0.25) is 0 Å². The monoisotopic (exact) mass is 296 g/mol. The highest BCUT2D eigenvalue weighted by Crippen LogP contribution is 2.33. The third-order valence-electron chi connectivity index (χ3n) is 3.51. The molecule has 0 saturated carbocycles. The fourth-order valence-corrected chi connectivity index (χ4v) is 3.33. The number of nitrogens with two attached hydrogens (primary N) is 1. The SMILES string of the molecule is CC1(C)CN(c2ccc(CCN)c(Cl)c2)CC(C)(C)O1. The van der Waals surface area contributed by atoms with Crippen molar-refractivity contribution >= 4 is 17.3 Å². The fraction of sp³-hybridized carbons (Fsp3) is 0.625. The van der Waals surface area contributed by atoms with Crippen LogP contribution >= 0.6 is 11.6 Å². The predicted molar refractivity (Wildman–Crippen MR) is 85.7 cm³/mol. The molecule has 1 saturated heterocycles. The largest absolute Gasteiger partial charge is 0.366 e. The van der Waals surface area contributed by atoms with Crippen molar-refractivity contribution in [2.45, 2.75) is 45.3 Å². The Labute approximate surface area is 127 Å². The molecule has 112 valence electrons. The van der Waals surface area contributed by atoms with Gasteiger partial charge in [0.05, 0.1) is 11.2 Å². The van der Waals surface area contributed by atoms with E-state index in [4.69, 9.17) is 22.1 Å². The molecular weight excluding hydrogens is 272 g/mol. The normalized spacial score (nSPS) is 21.0. The van der Waals surface area contributed by atoms with Gasteiger partial charge in [-0.3, -0.25) is 0 Å². The average molecular weight is 297 g/mol. The number of anilines is 1. The Kier molecular flexibility index (Phi) is 4.33. The summed E-state index contributed by atoms with van der Waals surface area (Å²) in [5.74, 6) is 0. The number of hydrogen-bond donors (Lipinski definition) is 1. The summed E-state index contributed by atoms with van der Waals surface area (Å²) in [5.41, 5.74) is 7.54. The zero-order valence-electron chi connectivity index (χ0n) is 12.9. The van der Waals surface area contributed by atoms with E-state index in [1.165, 1.54) is 0 Å². The summed E-state index contributed by atoms with van der Waals surface area (Å²) < 4.78 is 6.11. The zero-order valence-corrected chi connectivity index (χ0v) is 13.6. The number of halogens is 1. The van der Waals surface area contributed by atoms with Crippen molar-refractivity contribution in [2.75, 3.05) is 24.5 Å². The highest BCUT2D eigenvalue weighted by molar-refractivity contribution is 6.31. The van der Waals surface area contributed by atoms with Crippen molar-refractivity contribution in [3.05, 3.63) is 28.8 Å². The van der Waals surface area contributed by atoms with Gasteiger partial charge in [-0.25, -0.2) is 0 Å². The van der Waals surface area contributed by atoms with Crippen molar-refractivity contribution in [3.8, 4) is 0 Å². The van der Waals surface area contributed by atoms with Gasteiger partial charge in [-0.05, 0) is 58.4 Å². The molecule has 1 aliphatic heterocycles. The average Bonchev–Trinajstić information content (AvgIpc) is 2.28. The number of nitrogens with zero attached hydrogens (tertiary/aromatic N) is 1. The summed E-state index contributed by atoms with van der Waals surface area (Å²) in [6.07, 6.45) is 0.819. The molecule has 2 N–H and O–H groups in total. The van der Waals surface area contributed by atoms with E-state index in [2.05, 4.69) is 44.7 Å². The number of ether oxygens (including phenoxy) is 1. The van der Waals surface area contributed by atoms with E-state index in [0.29, 0.717) is 6.54 Å².